The molecule has 0 amide bonds. The maximum atomic E-state index is 12.2. The van der Waals surface area contributed by atoms with Gasteiger partial charge in [-0.1, -0.05) is 65.1 Å². The third-order valence-corrected chi connectivity index (χ3v) is 5.33. The lowest BCUT2D eigenvalue weighted by atomic mass is 10.0. The first-order valence-corrected chi connectivity index (χ1v) is 9.07. The summed E-state index contributed by atoms with van der Waals surface area (Å²) in [5, 5.41) is 0. The number of hydrogen-bond donors (Lipinski definition) is 0. The summed E-state index contributed by atoms with van der Waals surface area (Å²) in [5.74, 6) is -0.331. The van der Waals surface area contributed by atoms with Crippen LogP contribution in [0.5, 0.6) is 0 Å². The molecule has 0 saturated carbocycles. The Bertz CT molecular complexity index is 672. The van der Waals surface area contributed by atoms with Crippen LogP contribution in [-0.4, -0.2) is 36.0 Å². The number of rotatable bonds is 5. The Morgan fingerprint density at radius 3 is 2.42 bits per heavy atom. The first-order valence-electron chi connectivity index (χ1n) is 7.82. The lowest BCUT2D eigenvalue weighted by molar-refractivity contribution is -0.123. The molecule has 0 N–H and O–H groups in total. The number of methoxy groups -OCH3 is 1. The number of benzene rings is 2. The van der Waals surface area contributed by atoms with Gasteiger partial charge in [0, 0.05) is 17.5 Å². The topological polar surface area (TPSA) is 44.8 Å². The highest BCUT2D eigenvalue weighted by molar-refractivity contribution is 14.1. The van der Waals surface area contributed by atoms with Gasteiger partial charge in [-0.2, -0.15) is 0 Å². The number of halogens is 1. The highest BCUT2D eigenvalue weighted by Gasteiger charge is 2.34. The van der Waals surface area contributed by atoms with Crippen molar-refractivity contribution in [2.24, 2.45) is 0 Å². The second kappa shape index (κ2) is 8.09. The Labute approximate surface area is 155 Å². The van der Waals surface area contributed by atoms with Gasteiger partial charge in [0.05, 0.1) is 5.56 Å². The van der Waals surface area contributed by atoms with Crippen LogP contribution in [0.3, 0.4) is 0 Å². The molecule has 24 heavy (non-hydrogen) atoms. The van der Waals surface area contributed by atoms with Gasteiger partial charge in [0.1, 0.15) is 12.7 Å². The molecule has 1 aliphatic rings. The molecular formula is C19H19IO4. The molecule has 1 fully saturated rings. The minimum atomic E-state index is -0.331. The zero-order chi connectivity index (χ0) is 16.9. The van der Waals surface area contributed by atoms with Crippen LogP contribution in [0, 0.1) is 0 Å². The minimum Gasteiger partial charge on any atom is -0.459 e. The fraction of sp³-hybridized carbons (Fsp3) is 0.316. The van der Waals surface area contributed by atoms with Crippen LogP contribution in [0.1, 0.15) is 16.8 Å². The molecule has 126 valence electrons. The van der Waals surface area contributed by atoms with Crippen molar-refractivity contribution < 1.29 is 19.0 Å². The van der Waals surface area contributed by atoms with E-state index >= 15 is 0 Å². The van der Waals surface area contributed by atoms with Crippen LogP contribution in [-0.2, 0) is 14.2 Å². The Morgan fingerprint density at radius 1 is 1.12 bits per heavy atom. The summed E-state index contributed by atoms with van der Waals surface area (Å²) in [6.07, 6.45) is 0.481. The van der Waals surface area contributed by atoms with Gasteiger partial charge >= 0.3 is 5.97 Å². The molecular weight excluding hydrogens is 419 g/mol. The Morgan fingerprint density at radius 2 is 1.79 bits per heavy atom. The lowest BCUT2D eigenvalue weighted by Crippen LogP contribution is -2.25. The molecule has 1 saturated heterocycles. The van der Waals surface area contributed by atoms with E-state index in [1.165, 1.54) is 0 Å². The maximum Gasteiger partial charge on any atom is 0.338 e. The van der Waals surface area contributed by atoms with E-state index in [1.54, 1.807) is 19.2 Å². The normalized spacial score (nSPS) is 23.2. The molecule has 0 bridgehead atoms. The average Bonchev–Trinajstić information content (AvgIpc) is 3.00. The summed E-state index contributed by atoms with van der Waals surface area (Å²) in [6.45, 7) is 0.243. The number of alkyl halides is 1. The molecule has 3 atom stereocenters. The fourth-order valence-electron chi connectivity index (χ4n) is 2.64. The lowest BCUT2D eigenvalue weighted by Gasteiger charge is -2.14. The van der Waals surface area contributed by atoms with Crippen molar-refractivity contribution >= 4 is 28.6 Å². The number of hydrogen-bond acceptors (Lipinski definition) is 4. The Balaban J connectivity index is 1.58. The van der Waals surface area contributed by atoms with Crippen molar-refractivity contribution in [1.82, 2.24) is 0 Å². The monoisotopic (exact) mass is 438 g/mol. The predicted molar refractivity (Wildman–Crippen MR) is 100 cm³/mol. The first kappa shape index (κ1) is 17.4. The molecule has 0 radical (unpaired) electrons. The zero-order valence-corrected chi connectivity index (χ0v) is 15.5. The third-order valence-electron chi connectivity index (χ3n) is 4.02. The smallest absolute Gasteiger partial charge is 0.338 e. The van der Waals surface area contributed by atoms with E-state index in [9.17, 15) is 4.79 Å². The number of ether oxygens (including phenoxy) is 3. The number of esters is 1. The molecule has 2 aromatic rings. The molecule has 0 spiro atoms. The quantitative estimate of drug-likeness (QED) is 0.401. The van der Waals surface area contributed by atoms with E-state index in [2.05, 4.69) is 22.6 Å². The van der Waals surface area contributed by atoms with E-state index in [0.717, 1.165) is 17.5 Å². The second-order valence-electron chi connectivity index (χ2n) is 5.63. The summed E-state index contributed by atoms with van der Waals surface area (Å²) in [7, 11) is 1.62. The molecule has 0 aromatic heterocycles. The molecule has 5 heteroatoms. The van der Waals surface area contributed by atoms with Crippen molar-refractivity contribution in [1.29, 1.82) is 0 Å². The summed E-state index contributed by atoms with van der Waals surface area (Å²) in [5.41, 5.74) is 2.73. The van der Waals surface area contributed by atoms with Crippen LogP contribution >= 0.6 is 22.6 Å². The van der Waals surface area contributed by atoms with Crippen molar-refractivity contribution in [3.8, 4) is 11.1 Å². The first-order chi connectivity index (χ1) is 11.7. The highest BCUT2D eigenvalue weighted by atomic mass is 127. The third kappa shape index (κ3) is 4.15. The largest absolute Gasteiger partial charge is 0.459 e. The van der Waals surface area contributed by atoms with Gasteiger partial charge < -0.3 is 14.2 Å². The average molecular weight is 438 g/mol. The van der Waals surface area contributed by atoms with Crippen LogP contribution in [0.25, 0.3) is 11.1 Å². The SMILES string of the molecule is CO[C@H]1C[C@H](I)[C@@H](COC(=O)c2ccc(-c3ccccc3)cc2)O1. The molecule has 4 nitrogen and oxygen atoms in total. The van der Waals surface area contributed by atoms with Crippen LogP contribution in [0.15, 0.2) is 54.6 Å². The van der Waals surface area contributed by atoms with Gasteiger partial charge in [-0.3, -0.25) is 0 Å². The molecule has 0 unspecified atom stereocenters. The summed E-state index contributed by atoms with van der Waals surface area (Å²) >= 11 is 2.31. The van der Waals surface area contributed by atoms with Gasteiger partial charge in [-0.05, 0) is 23.3 Å². The fourth-order valence-corrected chi connectivity index (χ4v) is 3.43. The predicted octanol–water partition coefficient (Wildman–Crippen LogP) is 4.08. The molecule has 1 heterocycles. The van der Waals surface area contributed by atoms with Gasteiger partial charge in [-0.25, -0.2) is 4.79 Å². The van der Waals surface area contributed by atoms with Crippen molar-refractivity contribution in [3.63, 3.8) is 0 Å². The molecule has 2 aromatic carbocycles. The maximum absolute atomic E-state index is 12.2. The Hall–Kier alpha value is -1.44. The van der Waals surface area contributed by atoms with E-state index in [1.807, 2.05) is 42.5 Å². The molecule has 1 aliphatic heterocycles. The number of carbonyl (C=O) groups is 1. The van der Waals surface area contributed by atoms with E-state index in [0.29, 0.717) is 5.56 Å². The summed E-state index contributed by atoms with van der Waals surface area (Å²) in [6, 6.07) is 17.5. The highest BCUT2D eigenvalue weighted by Crippen LogP contribution is 2.28. The van der Waals surface area contributed by atoms with Crippen LogP contribution in [0.4, 0.5) is 0 Å². The van der Waals surface area contributed by atoms with Crippen LogP contribution in [0.2, 0.25) is 0 Å². The van der Waals surface area contributed by atoms with E-state index < -0.39 is 0 Å². The van der Waals surface area contributed by atoms with Crippen molar-refractivity contribution in [2.45, 2.75) is 22.7 Å². The van der Waals surface area contributed by atoms with E-state index in [4.69, 9.17) is 14.2 Å². The molecule has 0 aliphatic carbocycles. The van der Waals surface area contributed by atoms with Gasteiger partial charge in [0.15, 0.2) is 6.29 Å². The van der Waals surface area contributed by atoms with Crippen molar-refractivity contribution in [2.75, 3.05) is 13.7 Å². The summed E-state index contributed by atoms with van der Waals surface area (Å²) < 4.78 is 16.5. The Kier molecular flexibility index (Phi) is 5.86. The second-order valence-corrected chi connectivity index (χ2v) is 7.23. The van der Waals surface area contributed by atoms with Gasteiger partial charge in [0.2, 0.25) is 0 Å². The minimum absolute atomic E-state index is 0.122. The van der Waals surface area contributed by atoms with Gasteiger partial charge in [-0.15, -0.1) is 0 Å². The zero-order valence-electron chi connectivity index (χ0n) is 13.4. The standard InChI is InChI=1S/C19H19IO4/c1-22-18-11-16(20)17(24-18)12-23-19(21)15-9-7-14(8-10-15)13-5-3-2-4-6-13/h2-10,16-18H,11-12H2,1H3/t16-,17+,18+/m0/s1. The van der Waals surface area contributed by atoms with E-state index in [-0.39, 0.29) is 28.9 Å². The van der Waals surface area contributed by atoms with Crippen LogP contribution < -0.4 is 0 Å². The molecule has 3 rings (SSSR count). The number of carbonyl (C=O) groups excluding carboxylic acids is 1. The van der Waals surface area contributed by atoms with Crippen molar-refractivity contribution in [3.05, 3.63) is 60.2 Å². The summed E-state index contributed by atoms with van der Waals surface area (Å²) in [4.78, 5) is 12.2. The van der Waals surface area contributed by atoms with Gasteiger partial charge in [0.25, 0.3) is 0 Å².